The summed E-state index contributed by atoms with van der Waals surface area (Å²) >= 11 is 0. The van der Waals surface area contributed by atoms with E-state index < -0.39 is 0 Å². The van der Waals surface area contributed by atoms with Crippen LogP contribution in [0.25, 0.3) is 0 Å². The molecule has 1 aliphatic heterocycles. The zero-order chi connectivity index (χ0) is 14.5. The van der Waals surface area contributed by atoms with E-state index in [0.717, 1.165) is 37.4 Å². The Bertz CT molecular complexity index is 476. The maximum Gasteiger partial charge on any atom is 0.217 e. The van der Waals surface area contributed by atoms with Crippen LogP contribution in [0.15, 0.2) is 18.2 Å². The van der Waals surface area contributed by atoms with Crippen LogP contribution in [0.4, 0.5) is 0 Å². The van der Waals surface area contributed by atoms with Crippen LogP contribution in [0.5, 0.6) is 5.75 Å². The van der Waals surface area contributed by atoms with Crippen molar-refractivity contribution in [2.75, 3.05) is 20.2 Å². The smallest absolute Gasteiger partial charge is 0.217 e. The van der Waals surface area contributed by atoms with Gasteiger partial charge in [0.1, 0.15) is 5.75 Å². The van der Waals surface area contributed by atoms with Crippen LogP contribution in [-0.2, 0) is 17.9 Å². The number of hydrogen-bond acceptors (Lipinski definition) is 4. The fourth-order valence-electron chi connectivity index (χ4n) is 2.73. The second-order valence-corrected chi connectivity index (χ2v) is 5.27. The van der Waals surface area contributed by atoms with Crippen molar-refractivity contribution in [2.45, 2.75) is 32.5 Å². The number of likely N-dealkylation sites (tertiary alicyclic amines) is 1. The maximum atomic E-state index is 11.1. The lowest BCUT2D eigenvalue weighted by molar-refractivity contribution is -0.119. The highest BCUT2D eigenvalue weighted by Crippen LogP contribution is 2.21. The largest absolute Gasteiger partial charge is 0.496 e. The van der Waals surface area contributed by atoms with Crippen LogP contribution in [0.2, 0.25) is 0 Å². The van der Waals surface area contributed by atoms with Gasteiger partial charge in [0.05, 0.1) is 7.11 Å². The highest BCUT2D eigenvalue weighted by molar-refractivity contribution is 5.73. The van der Waals surface area contributed by atoms with Gasteiger partial charge in [-0.2, -0.15) is 0 Å². The summed E-state index contributed by atoms with van der Waals surface area (Å²) in [5.74, 6) is 0.889. The van der Waals surface area contributed by atoms with E-state index in [-0.39, 0.29) is 11.9 Å². The molecule has 1 aromatic rings. The molecule has 2 rings (SSSR count). The van der Waals surface area contributed by atoms with E-state index in [2.05, 4.69) is 22.3 Å². The van der Waals surface area contributed by atoms with E-state index in [1.54, 1.807) is 14.0 Å². The summed E-state index contributed by atoms with van der Waals surface area (Å²) in [5, 5.41) is 2.98. The predicted octanol–water partition coefficient (Wildman–Crippen LogP) is 0.864. The van der Waals surface area contributed by atoms with Crippen molar-refractivity contribution in [1.82, 2.24) is 10.2 Å². The Morgan fingerprint density at radius 3 is 3.00 bits per heavy atom. The third kappa shape index (κ3) is 3.71. The highest BCUT2D eigenvalue weighted by Gasteiger charge is 2.22. The molecule has 1 unspecified atom stereocenters. The maximum absolute atomic E-state index is 11.1. The highest BCUT2D eigenvalue weighted by atomic mass is 16.5. The molecule has 5 heteroatoms. The van der Waals surface area contributed by atoms with Gasteiger partial charge < -0.3 is 15.8 Å². The molecule has 1 aliphatic rings. The van der Waals surface area contributed by atoms with Crippen molar-refractivity contribution in [3.05, 3.63) is 29.3 Å². The van der Waals surface area contributed by atoms with Crippen LogP contribution >= 0.6 is 0 Å². The first-order valence-electron chi connectivity index (χ1n) is 6.97. The van der Waals surface area contributed by atoms with Gasteiger partial charge in [-0.25, -0.2) is 0 Å². The van der Waals surface area contributed by atoms with Gasteiger partial charge in [-0.05, 0) is 24.1 Å². The fraction of sp³-hybridized carbons (Fsp3) is 0.533. The molecule has 20 heavy (non-hydrogen) atoms. The molecule has 1 fully saturated rings. The van der Waals surface area contributed by atoms with E-state index in [0.29, 0.717) is 6.54 Å². The van der Waals surface area contributed by atoms with Crippen molar-refractivity contribution in [3.63, 3.8) is 0 Å². The molecule has 1 atom stereocenters. The minimum Gasteiger partial charge on any atom is -0.496 e. The zero-order valence-electron chi connectivity index (χ0n) is 12.2. The number of rotatable bonds is 5. The monoisotopic (exact) mass is 277 g/mol. The molecular formula is C15H23N3O2. The topological polar surface area (TPSA) is 67.6 Å². The van der Waals surface area contributed by atoms with Crippen LogP contribution < -0.4 is 15.8 Å². The number of ether oxygens (including phenoxy) is 1. The second kappa shape index (κ2) is 6.72. The summed E-state index contributed by atoms with van der Waals surface area (Å²) in [7, 11) is 1.66. The number of benzene rings is 1. The number of carbonyl (C=O) groups excluding carboxylic acids is 1. The molecule has 1 heterocycles. The predicted molar refractivity (Wildman–Crippen MR) is 78.4 cm³/mol. The minimum atomic E-state index is 0.0479. The first-order chi connectivity index (χ1) is 9.62. The van der Waals surface area contributed by atoms with Gasteiger partial charge in [0, 0.05) is 44.7 Å². The number of nitrogens with one attached hydrogen (secondary N) is 1. The van der Waals surface area contributed by atoms with Crippen molar-refractivity contribution in [1.29, 1.82) is 0 Å². The molecular weight excluding hydrogens is 254 g/mol. The Hall–Kier alpha value is -1.59. The van der Waals surface area contributed by atoms with Gasteiger partial charge in [-0.15, -0.1) is 0 Å². The lowest BCUT2D eigenvalue weighted by Gasteiger charge is -2.17. The minimum absolute atomic E-state index is 0.0479. The van der Waals surface area contributed by atoms with E-state index in [1.165, 1.54) is 5.56 Å². The Labute approximate surface area is 120 Å². The number of nitrogens with two attached hydrogens (primary N) is 1. The van der Waals surface area contributed by atoms with E-state index in [9.17, 15) is 4.79 Å². The van der Waals surface area contributed by atoms with Gasteiger partial charge in [-0.1, -0.05) is 6.07 Å². The SMILES string of the molecule is COc1ccc(CN2CCC(NC(C)=O)C2)cc1CN. The summed E-state index contributed by atoms with van der Waals surface area (Å²) in [5.41, 5.74) is 8.00. The van der Waals surface area contributed by atoms with E-state index in [1.807, 2.05) is 6.07 Å². The Kier molecular flexibility index (Phi) is 4.98. The standard InChI is InChI=1S/C15H23N3O2/c1-11(19)17-14-5-6-18(10-14)9-12-3-4-15(20-2)13(7-12)8-16/h3-4,7,14H,5-6,8-10,16H2,1-2H3,(H,17,19). The third-order valence-electron chi connectivity index (χ3n) is 3.65. The number of amides is 1. The Morgan fingerprint density at radius 1 is 1.55 bits per heavy atom. The third-order valence-corrected chi connectivity index (χ3v) is 3.65. The molecule has 3 N–H and O–H groups in total. The fourth-order valence-corrected chi connectivity index (χ4v) is 2.73. The molecule has 0 aromatic heterocycles. The molecule has 1 amide bonds. The van der Waals surface area contributed by atoms with Crippen molar-refractivity contribution >= 4 is 5.91 Å². The van der Waals surface area contributed by atoms with Crippen molar-refractivity contribution in [2.24, 2.45) is 5.73 Å². The average Bonchev–Trinajstić information content (AvgIpc) is 2.85. The zero-order valence-corrected chi connectivity index (χ0v) is 12.2. The molecule has 0 spiro atoms. The normalized spacial score (nSPS) is 19.1. The van der Waals surface area contributed by atoms with Gasteiger partial charge >= 0.3 is 0 Å². The van der Waals surface area contributed by atoms with Crippen LogP contribution in [0.3, 0.4) is 0 Å². The molecule has 1 saturated heterocycles. The first-order valence-corrected chi connectivity index (χ1v) is 6.97. The molecule has 0 saturated carbocycles. The van der Waals surface area contributed by atoms with E-state index >= 15 is 0 Å². The Morgan fingerprint density at radius 2 is 2.35 bits per heavy atom. The summed E-state index contributed by atoms with van der Waals surface area (Å²) in [6.07, 6.45) is 1.01. The van der Waals surface area contributed by atoms with Gasteiger partial charge in [-0.3, -0.25) is 9.69 Å². The number of hydrogen-bond donors (Lipinski definition) is 2. The lowest BCUT2D eigenvalue weighted by atomic mass is 10.1. The van der Waals surface area contributed by atoms with Crippen LogP contribution in [0.1, 0.15) is 24.5 Å². The van der Waals surface area contributed by atoms with Crippen LogP contribution in [0, 0.1) is 0 Å². The van der Waals surface area contributed by atoms with Crippen molar-refractivity contribution < 1.29 is 9.53 Å². The molecule has 0 aliphatic carbocycles. The average molecular weight is 277 g/mol. The number of carbonyl (C=O) groups is 1. The Balaban J connectivity index is 1.95. The number of nitrogens with zero attached hydrogens (tertiary/aromatic N) is 1. The quantitative estimate of drug-likeness (QED) is 0.838. The molecule has 5 nitrogen and oxygen atoms in total. The molecule has 0 radical (unpaired) electrons. The van der Waals surface area contributed by atoms with Gasteiger partial charge in [0.25, 0.3) is 0 Å². The molecule has 110 valence electrons. The molecule has 0 bridgehead atoms. The summed E-state index contributed by atoms with van der Waals surface area (Å²) in [6.45, 7) is 4.84. The van der Waals surface area contributed by atoms with Gasteiger partial charge in [0.15, 0.2) is 0 Å². The van der Waals surface area contributed by atoms with Crippen molar-refractivity contribution in [3.8, 4) is 5.75 Å². The summed E-state index contributed by atoms with van der Waals surface area (Å²) < 4.78 is 5.28. The van der Waals surface area contributed by atoms with Crippen LogP contribution in [-0.4, -0.2) is 37.0 Å². The first kappa shape index (κ1) is 14.8. The summed E-state index contributed by atoms with van der Waals surface area (Å²) in [4.78, 5) is 13.4. The second-order valence-electron chi connectivity index (χ2n) is 5.27. The summed E-state index contributed by atoms with van der Waals surface area (Å²) in [6, 6.07) is 6.42. The van der Waals surface area contributed by atoms with E-state index in [4.69, 9.17) is 10.5 Å². The molecule has 1 aromatic carbocycles. The lowest BCUT2D eigenvalue weighted by Crippen LogP contribution is -2.35. The van der Waals surface area contributed by atoms with Gasteiger partial charge in [0.2, 0.25) is 5.91 Å². The number of methoxy groups -OCH3 is 1.